The lowest BCUT2D eigenvalue weighted by molar-refractivity contribution is -0.121. The van der Waals surface area contributed by atoms with Crippen molar-refractivity contribution in [1.29, 1.82) is 0 Å². The van der Waals surface area contributed by atoms with Gasteiger partial charge in [0.05, 0.1) is 6.54 Å². The first-order valence-corrected chi connectivity index (χ1v) is 7.19. The molecular formula is C15H22N4O2. The lowest BCUT2D eigenvalue weighted by Crippen LogP contribution is -2.44. The molecule has 0 fully saturated rings. The number of benzene rings is 1. The maximum Gasteiger partial charge on any atom is 0.321 e. The highest BCUT2D eigenvalue weighted by Crippen LogP contribution is 2.23. The molecule has 114 valence electrons. The van der Waals surface area contributed by atoms with Gasteiger partial charge >= 0.3 is 6.03 Å². The molecule has 1 aromatic carbocycles. The topological polar surface area (TPSA) is 64.7 Å². The highest BCUT2D eigenvalue weighted by molar-refractivity contribution is 5.95. The molecule has 0 aliphatic carbocycles. The van der Waals surface area contributed by atoms with E-state index in [1.807, 2.05) is 19.1 Å². The number of para-hydroxylation sites is 1. The lowest BCUT2D eigenvalue weighted by Gasteiger charge is -2.19. The third-order valence-electron chi connectivity index (χ3n) is 3.51. The van der Waals surface area contributed by atoms with E-state index in [4.69, 9.17) is 0 Å². The first kappa shape index (κ1) is 15.3. The Balaban J connectivity index is 1.96. The van der Waals surface area contributed by atoms with Crippen molar-refractivity contribution in [3.63, 3.8) is 0 Å². The van der Waals surface area contributed by atoms with Crippen molar-refractivity contribution in [2.45, 2.75) is 13.5 Å². The van der Waals surface area contributed by atoms with E-state index in [-0.39, 0.29) is 12.5 Å². The van der Waals surface area contributed by atoms with Crippen LogP contribution in [0.1, 0.15) is 12.5 Å². The largest absolute Gasteiger partial charge is 0.373 e. The summed E-state index contributed by atoms with van der Waals surface area (Å²) < 4.78 is 0. The van der Waals surface area contributed by atoms with E-state index in [1.54, 1.807) is 0 Å². The van der Waals surface area contributed by atoms with Gasteiger partial charge < -0.3 is 10.2 Å². The van der Waals surface area contributed by atoms with Gasteiger partial charge in [-0.3, -0.25) is 15.0 Å². The van der Waals surface area contributed by atoms with Gasteiger partial charge in [-0.05, 0) is 18.6 Å². The van der Waals surface area contributed by atoms with Crippen LogP contribution in [0.3, 0.4) is 0 Å². The fourth-order valence-corrected chi connectivity index (χ4v) is 2.46. The van der Waals surface area contributed by atoms with Gasteiger partial charge in [-0.15, -0.1) is 0 Å². The molecule has 1 aromatic rings. The quantitative estimate of drug-likeness (QED) is 0.863. The van der Waals surface area contributed by atoms with Crippen molar-refractivity contribution in [2.24, 2.45) is 0 Å². The van der Waals surface area contributed by atoms with E-state index in [0.717, 1.165) is 13.1 Å². The highest BCUT2D eigenvalue weighted by Gasteiger charge is 2.19. The molecule has 0 atom stereocenters. The minimum atomic E-state index is -0.435. The second-order valence-electron chi connectivity index (χ2n) is 5.17. The Hall–Kier alpha value is -2.08. The van der Waals surface area contributed by atoms with Crippen LogP contribution < -0.4 is 15.5 Å². The van der Waals surface area contributed by atoms with Crippen molar-refractivity contribution in [3.8, 4) is 0 Å². The number of hydrogen-bond acceptors (Lipinski definition) is 4. The maximum absolute atomic E-state index is 11.9. The van der Waals surface area contributed by atoms with Crippen LogP contribution in [0.5, 0.6) is 0 Å². The number of nitrogens with zero attached hydrogens (tertiary/aromatic N) is 2. The number of hydrogen-bond donors (Lipinski definition) is 2. The van der Waals surface area contributed by atoms with Gasteiger partial charge in [-0.2, -0.15) is 0 Å². The number of carbonyl (C=O) groups is 2. The van der Waals surface area contributed by atoms with Gasteiger partial charge in [0.25, 0.3) is 0 Å². The van der Waals surface area contributed by atoms with Gasteiger partial charge in [-0.1, -0.05) is 18.2 Å². The van der Waals surface area contributed by atoms with Gasteiger partial charge in [0.2, 0.25) is 5.91 Å². The van der Waals surface area contributed by atoms with Crippen LogP contribution in [-0.4, -0.2) is 50.1 Å². The molecule has 0 radical (unpaired) electrons. The van der Waals surface area contributed by atoms with Crippen molar-refractivity contribution in [2.75, 3.05) is 38.1 Å². The fraction of sp³-hybridized carbons (Fsp3) is 0.467. The number of carbonyl (C=O) groups excluding carboxylic acids is 2. The summed E-state index contributed by atoms with van der Waals surface area (Å²) in [6.45, 7) is 4.88. The summed E-state index contributed by atoms with van der Waals surface area (Å²) in [5, 5.41) is 4.89. The second-order valence-corrected chi connectivity index (χ2v) is 5.17. The second kappa shape index (κ2) is 7.08. The van der Waals surface area contributed by atoms with Crippen molar-refractivity contribution in [1.82, 2.24) is 15.5 Å². The molecule has 6 nitrogen and oxygen atoms in total. The highest BCUT2D eigenvalue weighted by atomic mass is 16.2. The molecule has 2 N–H and O–H groups in total. The Bertz CT molecular complexity index is 518. The summed E-state index contributed by atoms with van der Waals surface area (Å²) in [7, 11) is 2.05. The Labute approximate surface area is 125 Å². The molecule has 2 rings (SSSR count). The molecule has 21 heavy (non-hydrogen) atoms. The molecule has 0 spiro atoms. The number of amides is 3. The van der Waals surface area contributed by atoms with Gasteiger partial charge in [0.15, 0.2) is 0 Å². The number of rotatable bonds is 3. The predicted octanol–water partition coefficient (Wildman–Crippen LogP) is 0.784. The minimum absolute atomic E-state index is 0.222. The van der Waals surface area contributed by atoms with Crippen LogP contribution in [0.25, 0.3) is 0 Å². The average Bonchev–Trinajstić information content (AvgIpc) is 2.59. The van der Waals surface area contributed by atoms with E-state index in [1.165, 1.54) is 11.3 Å². The van der Waals surface area contributed by atoms with E-state index in [2.05, 4.69) is 39.6 Å². The molecule has 1 aliphatic rings. The van der Waals surface area contributed by atoms with E-state index < -0.39 is 6.03 Å². The average molecular weight is 290 g/mol. The molecule has 0 saturated heterocycles. The Morgan fingerprint density at radius 3 is 2.76 bits per heavy atom. The first-order chi connectivity index (χ1) is 10.1. The van der Waals surface area contributed by atoms with Crippen LogP contribution in [-0.2, 0) is 11.3 Å². The smallest absolute Gasteiger partial charge is 0.321 e. The Morgan fingerprint density at radius 2 is 2.00 bits per heavy atom. The monoisotopic (exact) mass is 290 g/mol. The summed E-state index contributed by atoms with van der Waals surface area (Å²) in [5.74, 6) is -0.275. The summed E-state index contributed by atoms with van der Waals surface area (Å²) in [6.07, 6.45) is 0. The Morgan fingerprint density at radius 1 is 1.24 bits per heavy atom. The van der Waals surface area contributed by atoms with Gasteiger partial charge in [0, 0.05) is 38.9 Å². The SMILES string of the molecule is CCNC(=O)NC(=O)CN1CCN(C)c2ccccc2C1. The molecule has 6 heteroatoms. The number of likely N-dealkylation sites (N-methyl/N-ethyl adjacent to an activating group) is 1. The molecule has 3 amide bonds. The molecule has 0 aromatic heterocycles. The van der Waals surface area contributed by atoms with Crippen LogP contribution in [0.15, 0.2) is 24.3 Å². The number of imide groups is 1. The molecule has 1 heterocycles. The fourth-order valence-electron chi connectivity index (χ4n) is 2.46. The van der Waals surface area contributed by atoms with Crippen molar-refractivity contribution < 1.29 is 9.59 Å². The summed E-state index contributed by atoms with van der Waals surface area (Å²) in [5.41, 5.74) is 2.40. The van der Waals surface area contributed by atoms with Crippen LogP contribution in [0, 0.1) is 0 Å². The molecule has 0 unspecified atom stereocenters. The Kier molecular flexibility index (Phi) is 5.16. The van der Waals surface area contributed by atoms with Gasteiger partial charge in [0.1, 0.15) is 0 Å². The van der Waals surface area contributed by atoms with E-state index in [0.29, 0.717) is 13.1 Å². The van der Waals surface area contributed by atoms with Crippen LogP contribution in [0.4, 0.5) is 10.5 Å². The molecule has 0 saturated carbocycles. The molecule has 1 aliphatic heterocycles. The number of anilines is 1. The normalized spacial score (nSPS) is 15.0. The van der Waals surface area contributed by atoms with Crippen molar-refractivity contribution in [3.05, 3.63) is 29.8 Å². The van der Waals surface area contributed by atoms with Gasteiger partial charge in [-0.25, -0.2) is 4.79 Å². The van der Waals surface area contributed by atoms with Crippen LogP contribution >= 0.6 is 0 Å². The van der Waals surface area contributed by atoms with Crippen LogP contribution in [0.2, 0.25) is 0 Å². The number of fused-ring (bicyclic) bond motifs is 1. The maximum atomic E-state index is 11.9. The third-order valence-corrected chi connectivity index (χ3v) is 3.51. The summed E-state index contributed by atoms with van der Waals surface area (Å²) in [6, 6.07) is 7.76. The molecular weight excluding hydrogens is 268 g/mol. The van der Waals surface area contributed by atoms with E-state index >= 15 is 0 Å². The summed E-state index contributed by atoms with van der Waals surface area (Å²) >= 11 is 0. The standard InChI is InChI=1S/C15H22N4O2/c1-3-16-15(21)17-14(20)11-19-9-8-18(2)13-7-5-4-6-12(13)10-19/h4-7H,3,8-11H2,1-2H3,(H2,16,17,20,21). The zero-order valence-corrected chi connectivity index (χ0v) is 12.6. The van der Waals surface area contributed by atoms with E-state index in [9.17, 15) is 9.59 Å². The zero-order valence-electron chi connectivity index (χ0n) is 12.6. The third kappa shape index (κ3) is 4.19. The lowest BCUT2D eigenvalue weighted by atomic mass is 10.1. The molecule has 0 bridgehead atoms. The number of nitrogens with one attached hydrogen (secondary N) is 2. The first-order valence-electron chi connectivity index (χ1n) is 7.19. The minimum Gasteiger partial charge on any atom is -0.373 e. The zero-order chi connectivity index (χ0) is 15.2. The van der Waals surface area contributed by atoms with Crippen molar-refractivity contribution >= 4 is 17.6 Å². The summed E-state index contributed by atoms with van der Waals surface area (Å²) in [4.78, 5) is 27.5. The number of urea groups is 1. The predicted molar refractivity (Wildman–Crippen MR) is 82.2 cm³/mol.